The number of anilines is 1. The second kappa shape index (κ2) is 8.40. The first-order chi connectivity index (χ1) is 10.2. The van der Waals surface area contributed by atoms with Gasteiger partial charge in [0.25, 0.3) is 0 Å². The molecule has 0 amide bonds. The van der Waals surface area contributed by atoms with Gasteiger partial charge in [-0.2, -0.15) is 0 Å². The van der Waals surface area contributed by atoms with Crippen LogP contribution < -0.4 is 5.32 Å². The van der Waals surface area contributed by atoms with Crippen molar-refractivity contribution in [2.45, 2.75) is 58.2 Å². The van der Waals surface area contributed by atoms with E-state index in [1.54, 1.807) is 0 Å². The fourth-order valence-corrected chi connectivity index (χ4v) is 3.14. The zero-order valence-corrected chi connectivity index (χ0v) is 13.8. The first-order valence-electron chi connectivity index (χ1n) is 8.35. The van der Waals surface area contributed by atoms with Crippen molar-refractivity contribution in [1.29, 1.82) is 0 Å². The summed E-state index contributed by atoms with van der Waals surface area (Å²) in [6.07, 6.45) is 5.23. The summed E-state index contributed by atoms with van der Waals surface area (Å²) in [5, 5.41) is 3.70. The summed E-state index contributed by atoms with van der Waals surface area (Å²) in [4.78, 5) is 2.45. The highest BCUT2D eigenvalue weighted by molar-refractivity contribution is 5.46. The molecule has 1 aliphatic rings. The van der Waals surface area contributed by atoms with Gasteiger partial charge in [-0.15, -0.1) is 0 Å². The molecule has 0 aliphatic heterocycles. The van der Waals surface area contributed by atoms with Crippen LogP contribution in [0.4, 0.5) is 5.69 Å². The van der Waals surface area contributed by atoms with E-state index in [0.717, 1.165) is 19.6 Å². The Balaban J connectivity index is 1.89. The first-order valence-corrected chi connectivity index (χ1v) is 8.35. The highest BCUT2D eigenvalue weighted by Crippen LogP contribution is 2.24. The van der Waals surface area contributed by atoms with Crippen molar-refractivity contribution in [1.82, 2.24) is 4.90 Å². The number of methoxy groups -OCH3 is 1. The summed E-state index contributed by atoms with van der Waals surface area (Å²) >= 11 is 0. The van der Waals surface area contributed by atoms with Gasteiger partial charge in [0.05, 0.1) is 6.10 Å². The minimum atomic E-state index is 0.469. The fraction of sp³-hybridized carbons (Fsp3) is 0.667. The lowest BCUT2D eigenvalue weighted by Gasteiger charge is -2.29. The van der Waals surface area contributed by atoms with Gasteiger partial charge < -0.3 is 10.1 Å². The van der Waals surface area contributed by atoms with E-state index in [1.807, 2.05) is 7.11 Å². The Kier molecular flexibility index (Phi) is 6.52. The summed E-state index contributed by atoms with van der Waals surface area (Å²) in [6, 6.07) is 9.49. The number of hydrogen-bond donors (Lipinski definition) is 1. The zero-order valence-electron chi connectivity index (χ0n) is 13.8. The lowest BCUT2D eigenvalue weighted by atomic mass is 9.93. The molecular formula is C18H30N2O. The van der Waals surface area contributed by atoms with Gasteiger partial charge in [0, 0.05) is 25.4 Å². The average Bonchev–Trinajstić information content (AvgIpc) is 2.53. The van der Waals surface area contributed by atoms with Gasteiger partial charge in [0.1, 0.15) is 0 Å². The quantitative estimate of drug-likeness (QED) is 0.824. The van der Waals surface area contributed by atoms with E-state index in [2.05, 4.69) is 48.3 Å². The van der Waals surface area contributed by atoms with Crippen molar-refractivity contribution in [3.8, 4) is 0 Å². The normalized spacial score (nSPS) is 22.5. The van der Waals surface area contributed by atoms with Gasteiger partial charge in [-0.1, -0.05) is 26.0 Å². The second-order valence-electron chi connectivity index (χ2n) is 6.02. The molecule has 3 heteroatoms. The lowest BCUT2D eigenvalue weighted by Crippen LogP contribution is -2.29. The number of benzene rings is 1. The van der Waals surface area contributed by atoms with E-state index in [1.165, 1.54) is 36.9 Å². The predicted octanol–water partition coefficient (Wildman–Crippen LogP) is 3.90. The maximum Gasteiger partial charge on any atom is 0.0572 e. The summed E-state index contributed by atoms with van der Waals surface area (Å²) in [5.74, 6) is 0. The third-order valence-corrected chi connectivity index (χ3v) is 4.61. The minimum Gasteiger partial charge on any atom is -0.382 e. The van der Waals surface area contributed by atoms with Gasteiger partial charge in [0.15, 0.2) is 0 Å². The summed E-state index contributed by atoms with van der Waals surface area (Å²) in [7, 11) is 1.83. The molecule has 0 radical (unpaired) electrons. The van der Waals surface area contributed by atoms with Crippen LogP contribution in [0.15, 0.2) is 24.3 Å². The zero-order chi connectivity index (χ0) is 15.1. The second-order valence-corrected chi connectivity index (χ2v) is 6.02. The van der Waals surface area contributed by atoms with Gasteiger partial charge in [0.2, 0.25) is 0 Å². The van der Waals surface area contributed by atoms with Gasteiger partial charge in [-0.3, -0.25) is 4.90 Å². The summed E-state index contributed by atoms with van der Waals surface area (Å²) in [6.45, 7) is 7.70. The van der Waals surface area contributed by atoms with Crippen molar-refractivity contribution >= 4 is 5.69 Å². The molecular weight excluding hydrogens is 260 g/mol. The predicted molar refractivity (Wildman–Crippen MR) is 89.7 cm³/mol. The number of nitrogens with one attached hydrogen (secondary N) is 1. The Morgan fingerprint density at radius 2 is 1.86 bits per heavy atom. The average molecular weight is 290 g/mol. The molecule has 0 bridgehead atoms. The van der Waals surface area contributed by atoms with Gasteiger partial charge in [-0.25, -0.2) is 0 Å². The highest BCUT2D eigenvalue weighted by atomic mass is 16.5. The molecule has 1 saturated carbocycles. The third-order valence-electron chi connectivity index (χ3n) is 4.61. The van der Waals surface area contributed by atoms with Crippen LogP contribution in [0.5, 0.6) is 0 Å². The van der Waals surface area contributed by atoms with Crippen molar-refractivity contribution in [3.05, 3.63) is 29.8 Å². The van der Waals surface area contributed by atoms with E-state index in [-0.39, 0.29) is 0 Å². The Morgan fingerprint density at radius 3 is 2.48 bits per heavy atom. The SMILES string of the molecule is CCN(CC)Cc1cccc(NC2CCC(OC)CC2)c1. The molecule has 21 heavy (non-hydrogen) atoms. The Hall–Kier alpha value is -1.06. The molecule has 0 heterocycles. The van der Waals surface area contributed by atoms with Crippen LogP contribution in [0, 0.1) is 0 Å². The lowest BCUT2D eigenvalue weighted by molar-refractivity contribution is 0.0682. The molecule has 0 aromatic heterocycles. The van der Waals surface area contributed by atoms with Crippen LogP contribution in [0.25, 0.3) is 0 Å². The minimum absolute atomic E-state index is 0.469. The highest BCUT2D eigenvalue weighted by Gasteiger charge is 2.20. The number of hydrogen-bond acceptors (Lipinski definition) is 3. The Labute approximate surface area is 129 Å². The molecule has 118 valence electrons. The number of ether oxygens (including phenoxy) is 1. The molecule has 2 rings (SSSR count). The Morgan fingerprint density at radius 1 is 1.14 bits per heavy atom. The van der Waals surface area contributed by atoms with E-state index in [0.29, 0.717) is 12.1 Å². The summed E-state index contributed by atoms with van der Waals surface area (Å²) in [5.41, 5.74) is 2.66. The molecule has 0 atom stereocenters. The molecule has 3 nitrogen and oxygen atoms in total. The smallest absolute Gasteiger partial charge is 0.0572 e. The fourth-order valence-electron chi connectivity index (χ4n) is 3.14. The van der Waals surface area contributed by atoms with Crippen LogP contribution >= 0.6 is 0 Å². The van der Waals surface area contributed by atoms with Crippen molar-refractivity contribution < 1.29 is 4.74 Å². The molecule has 1 fully saturated rings. The molecule has 0 unspecified atom stereocenters. The van der Waals surface area contributed by atoms with E-state index in [4.69, 9.17) is 4.74 Å². The maximum atomic E-state index is 5.44. The maximum absolute atomic E-state index is 5.44. The first kappa shape index (κ1) is 16.3. The van der Waals surface area contributed by atoms with Crippen LogP contribution in [0.3, 0.4) is 0 Å². The van der Waals surface area contributed by atoms with Gasteiger partial charge in [-0.05, 0) is 56.5 Å². The topological polar surface area (TPSA) is 24.5 Å². The van der Waals surface area contributed by atoms with Crippen LogP contribution in [-0.2, 0) is 11.3 Å². The van der Waals surface area contributed by atoms with Crippen molar-refractivity contribution in [2.75, 3.05) is 25.5 Å². The number of nitrogens with zero attached hydrogens (tertiary/aromatic N) is 1. The van der Waals surface area contributed by atoms with E-state index >= 15 is 0 Å². The van der Waals surface area contributed by atoms with E-state index < -0.39 is 0 Å². The van der Waals surface area contributed by atoms with Crippen LogP contribution in [0.2, 0.25) is 0 Å². The molecule has 0 spiro atoms. The standard InChI is InChI=1S/C18H30N2O/c1-4-20(5-2)14-15-7-6-8-17(13-15)19-16-9-11-18(21-3)12-10-16/h6-8,13,16,18-19H,4-5,9-12,14H2,1-3H3. The Bertz CT molecular complexity index is 409. The summed E-state index contributed by atoms with van der Waals surface area (Å²) < 4.78 is 5.44. The molecule has 0 saturated heterocycles. The van der Waals surface area contributed by atoms with Crippen LogP contribution in [0.1, 0.15) is 45.1 Å². The van der Waals surface area contributed by atoms with Crippen molar-refractivity contribution in [3.63, 3.8) is 0 Å². The van der Waals surface area contributed by atoms with Crippen LogP contribution in [-0.4, -0.2) is 37.2 Å². The third kappa shape index (κ3) is 5.01. The van der Waals surface area contributed by atoms with Gasteiger partial charge >= 0.3 is 0 Å². The number of rotatable bonds is 7. The van der Waals surface area contributed by atoms with Crippen molar-refractivity contribution in [2.24, 2.45) is 0 Å². The molecule has 1 aromatic rings. The molecule has 1 aromatic carbocycles. The monoisotopic (exact) mass is 290 g/mol. The molecule has 1 N–H and O–H groups in total. The largest absolute Gasteiger partial charge is 0.382 e. The molecule has 1 aliphatic carbocycles. The van der Waals surface area contributed by atoms with E-state index in [9.17, 15) is 0 Å².